The Balaban J connectivity index is 2.13. The van der Waals surface area contributed by atoms with Crippen LogP contribution in [0.4, 0.5) is 0 Å². The number of aryl methyl sites for hydroxylation is 2. The van der Waals surface area contributed by atoms with Gasteiger partial charge in [-0.15, -0.1) is 12.4 Å². The Labute approximate surface area is 139 Å². The average Bonchev–Trinajstić information content (AvgIpc) is 2.87. The van der Waals surface area contributed by atoms with Gasteiger partial charge in [-0.3, -0.25) is 13.9 Å². The molecule has 1 unspecified atom stereocenters. The first-order valence-electron chi connectivity index (χ1n) is 7.90. The summed E-state index contributed by atoms with van der Waals surface area (Å²) in [6.07, 6.45) is 7.25. The number of nitrogens with one attached hydrogen (secondary N) is 1. The van der Waals surface area contributed by atoms with E-state index >= 15 is 0 Å². The minimum absolute atomic E-state index is 0.0527. The highest BCUT2D eigenvalue weighted by molar-refractivity contribution is 6.56. The average molecular weight is 309 g/mol. The second kappa shape index (κ2) is 8.37. The third-order valence-corrected chi connectivity index (χ3v) is 3.87. The van der Waals surface area contributed by atoms with Crippen molar-refractivity contribution in [3.05, 3.63) is 60.9 Å². The molecule has 0 saturated carbocycles. The normalized spacial score (nSPS) is 11.9. The van der Waals surface area contributed by atoms with Gasteiger partial charge >= 0.3 is 0 Å². The summed E-state index contributed by atoms with van der Waals surface area (Å²) in [5, 5.41) is 3.00. The van der Waals surface area contributed by atoms with Crippen LogP contribution in [-0.4, -0.2) is 24.3 Å². The maximum atomic E-state index is 12.6. The number of aromatic nitrogens is 2. The number of rotatable bonds is 8. The van der Waals surface area contributed by atoms with E-state index in [1.165, 1.54) is 0 Å². The van der Waals surface area contributed by atoms with Crippen LogP contribution in [0.15, 0.2) is 55.4 Å². The fourth-order valence-corrected chi connectivity index (χ4v) is 2.54. The standard InChI is InChI=1S/C18H23BN3O/c1-4-5-11-20-17(23)16(14-15-9-7-6-8-10-15)19-18-21(2)12-13-22(18)3/h4,6-10,12-13,16H,1,5,11,14H2,2-3H3/q-1/p+1. The van der Waals surface area contributed by atoms with Crippen molar-refractivity contribution in [2.24, 2.45) is 14.1 Å². The Morgan fingerprint density at radius 1 is 1.43 bits per heavy atom. The molecule has 4 nitrogen and oxygen atoms in total. The summed E-state index contributed by atoms with van der Waals surface area (Å²) in [4.78, 5) is 12.6. The molecule has 2 aromatic rings. The summed E-state index contributed by atoms with van der Waals surface area (Å²) in [5.41, 5.74) is 2.18. The van der Waals surface area contributed by atoms with Gasteiger partial charge in [-0.1, -0.05) is 48.4 Å². The maximum absolute atomic E-state index is 12.6. The second-order valence-corrected chi connectivity index (χ2v) is 5.71. The summed E-state index contributed by atoms with van der Waals surface area (Å²) < 4.78 is 4.05. The molecule has 5 heteroatoms. The van der Waals surface area contributed by atoms with Crippen molar-refractivity contribution in [3.63, 3.8) is 0 Å². The van der Waals surface area contributed by atoms with Crippen LogP contribution in [0.25, 0.3) is 0 Å². The number of carbonyl (C=O) groups is 1. The molecule has 0 fully saturated rings. The minimum Gasteiger partial charge on any atom is -0.358 e. The molecule has 2 rings (SSSR count). The molecular weight excluding hydrogens is 285 g/mol. The zero-order valence-corrected chi connectivity index (χ0v) is 13.9. The van der Waals surface area contributed by atoms with Crippen molar-refractivity contribution in [3.8, 4) is 0 Å². The summed E-state index contributed by atoms with van der Waals surface area (Å²) in [6.45, 7) is 4.31. The van der Waals surface area contributed by atoms with E-state index in [-0.39, 0.29) is 11.7 Å². The summed E-state index contributed by atoms with van der Waals surface area (Å²) in [5.74, 6) is -0.154. The summed E-state index contributed by atoms with van der Waals surface area (Å²) in [6, 6.07) is 10.1. The molecule has 1 amide bonds. The van der Waals surface area contributed by atoms with E-state index in [9.17, 15) is 4.79 Å². The van der Waals surface area contributed by atoms with Crippen LogP contribution in [0, 0.1) is 0 Å². The lowest BCUT2D eigenvalue weighted by Crippen LogP contribution is -2.52. The van der Waals surface area contributed by atoms with Crippen LogP contribution in [0.2, 0.25) is 5.82 Å². The highest BCUT2D eigenvalue weighted by Crippen LogP contribution is 2.13. The topological polar surface area (TPSA) is 37.9 Å². The second-order valence-electron chi connectivity index (χ2n) is 5.71. The number of imidazole rings is 1. The van der Waals surface area contributed by atoms with E-state index in [2.05, 4.69) is 24.0 Å². The van der Waals surface area contributed by atoms with Crippen molar-refractivity contribution < 1.29 is 9.36 Å². The molecule has 0 saturated heterocycles. The van der Waals surface area contributed by atoms with Crippen molar-refractivity contribution in [2.75, 3.05) is 6.54 Å². The van der Waals surface area contributed by atoms with Crippen molar-refractivity contribution in [1.82, 2.24) is 9.88 Å². The Bertz CT molecular complexity index is 632. The van der Waals surface area contributed by atoms with Gasteiger partial charge in [0.2, 0.25) is 0 Å². The zero-order chi connectivity index (χ0) is 16.7. The van der Waals surface area contributed by atoms with Gasteiger partial charge in [-0.2, -0.15) is 7.28 Å². The highest BCUT2D eigenvalue weighted by atomic mass is 16.1. The van der Waals surface area contributed by atoms with Crippen molar-refractivity contribution in [1.29, 1.82) is 0 Å². The number of carbonyl (C=O) groups excluding carboxylic acids is 1. The van der Waals surface area contributed by atoms with E-state index in [0.717, 1.165) is 17.7 Å². The number of nitrogens with zero attached hydrogens (tertiary/aromatic N) is 2. The van der Waals surface area contributed by atoms with E-state index in [4.69, 9.17) is 0 Å². The largest absolute Gasteiger partial charge is 0.358 e. The van der Waals surface area contributed by atoms with Gasteiger partial charge in [-0.25, -0.2) is 0 Å². The summed E-state index contributed by atoms with van der Waals surface area (Å²) in [7, 11) is 6.01. The molecule has 0 spiro atoms. The predicted octanol–water partition coefficient (Wildman–Crippen LogP) is 0.903. The van der Waals surface area contributed by atoms with Gasteiger partial charge in [0.15, 0.2) is 5.91 Å². The molecule has 0 bridgehead atoms. The Morgan fingerprint density at radius 3 is 2.78 bits per heavy atom. The fraction of sp³-hybridized carbons (Fsp3) is 0.333. The molecule has 1 heterocycles. The number of amides is 1. The quantitative estimate of drug-likeness (QED) is 0.335. The highest BCUT2D eigenvalue weighted by Gasteiger charge is 2.13. The first-order chi connectivity index (χ1) is 11.1. The predicted molar refractivity (Wildman–Crippen MR) is 93.7 cm³/mol. The van der Waals surface area contributed by atoms with Gasteiger partial charge in [0.05, 0.1) is 14.1 Å². The molecule has 1 aromatic carbocycles. The number of hydrogen-bond acceptors (Lipinski definition) is 1. The van der Waals surface area contributed by atoms with Gasteiger partial charge < -0.3 is 5.32 Å². The molecular formula is C18H24BN3O. The lowest BCUT2D eigenvalue weighted by molar-refractivity contribution is -0.653. The first-order valence-corrected chi connectivity index (χ1v) is 7.90. The SMILES string of the molecule is C=CCCNC(=O)C([B-]c1n(C)cc[n+]1C)Cc1ccccc1. The van der Waals surface area contributed by atoms with E-state index in [1.807, 2.05) is 67.2 Å². The molecule has 0 aliphatic heterocycles. The third kappa shape index (κ3) is 4.85. The van der Waals surface area contributed by atoms with Crippen molar-refractivity contribution in [2.45, 2.75) is 18.7 Å². The smallest absolute Gasteiger partial charge is 0.183 e. The molecule has 23 heavy (non-hydrogen) atoms. The molecule has 0 aliphatic carbocycles. The van der Waals surface area contributed by atoms with Crippen LogP contribution >= 0.6 is 0 Å². The third-order valence-electron chi connectivity index (χ3n) is 3.87. The van der Waals surface area contributed by atoms with Gasteiger partial charge in [-0.05, 0) is 6.42 Å². The van der Waals surface area contributed by atoms with Gasteiger partial charge in [0, 0.05) is 12.3 Å². The van der Waals surface area contributed by atoms with Crippen molar-refractivity contribution >= 4 is 18.9 Å². The molecule has 120 valence electrons. The van der Waals surface area contributed by atoms with E-state index < -0.39 is 0 Å². The lowest BCUT2D eigenvalue weighted by Gasteiger charge is -2.26. The first kappa shape index (κ1) is 17.1. The monoisotopic (exact) mass is 309 g/mol. The summed E-state index contributed by atoms with van der Waals surface area (Å²) >= 11 is 0. The van der Waals surface area contributed by atoms with Gasteiger partial charge in [0.1, 0.15) is 12.4 Å². The molecule has 1 N–H and O–H groups in total. The van der Waals surface area contributed by atoms with Crippen LogP contribution < -0.4 is 15.6 Å². The fourth-order valence-electron chi connectivity index (χ4n) is 2.54. The Hall–Kier alpha value is -2.30. The molecule has 1 aromatic heterocycles. The minimum atomic E-state index is -0.206. The van der Waals surface area contributed by atoms with Crippen LogP contribution in [0.1, 0.15) is 12.0 Å². The number of benzene rings is 1. The van der Waals surface area contributed by atoms with Crippen LogP contribution in [-0.2, 0) is 25.3 Å². The van der Waals surface area contributed by atoms with E-state index in [0.29, 0.717) is 13.0 Å². The Morgan fingerprint density at radius 2 is 2.17 bits per heavy atom. The maximum Gasteiger partial charge on any atom is 0.183 e. The zero-order valence-electron chi connectivity index (χ0n) is 13.9. The molecule has 2 radical (unpaired) electrons. The van der Waals surface area contributed by atoms with Crippen LogP contribution in [0.5, 0.6) is 0 Å². The Kier molecular flexibility index (Phi) is 6.21. The van der Waals surface area contributed by atoms with E-state index in [1.54, 1.807) is 0 Å². The lowest BCUT2D eigenvalue weighted by atomic mass is 9.60. The number of hydrogen-bond donors (Lipinski definition) is 1. The molecule has 1 atom stereocenters. The van der Waals surface area contributed by atoms with Crippen LogP contribution in [0.3, 0.4) is 0 Å². The van der Waals surface area contributed by atoms with Gasteiger partial charge in [0.25, 0.3) is 0 Å². The molecule has 0 aliphatic rings.